The van der Waals surface area contributed by atoms with E-state index >= 15 is 0 Å². The normalized spacial score (nSPS) is 16.8. The van der Waals surface area contributed by atoms with Crippen molar-refractivity contribution in [3.8, 4) is 11.5 Å². The Morgan fingerprint density at radius 1 is 1.21 bits per heavy atom. The second-order valence-corrected chi connectivity index (χ2v) is 7.95. The predicted octanol–water partition coefficient (Wildman–Crippen LogP) is 4.92. The molecule has 29 heavy (non-hydrogen) atoms. The van der Waals surface area contributed by atoms with E-state index in [1.807, 2.05) is 30.3 Å². The summed E-state index contributed by atoms with van der Waals surface area (Å²) in [6.07, 6.45) is 3.28. The fourth-order valence-corrected chi connectivity index (χ4v) is 4.16. The molecule has 1 aromatic heterocycles. The Morgan fingerprint density at radius 2 is 2.03 bits per heavy atom. The molecule has 0 N–H and O–H groups in total. The third-order valence-corrected chi connectivity index (χ3v) is 5.81. The summed E-state index contributed by atoms with van der Waals surface area (Å²) in [7, 11) is 1.66. The van der Waals surface area contributed by atoms with Crippen LogP contribution in [-0.2, 0) is 0 Å². The fraction of sp³-hybridized carbons (Fsp3) is 0.458. The van der Waals surface area contributed by atoms with Crippen molar-refractivity contribution in [2.75, 3.05) is 33.4 Å². The van der Waals surface area contributed by atoms with Gasteiger partial charge in [0.25, 0.3) is 0 Å². The maximum atomic E-state index is 5.88. The number of piperidine rings is 1. The quantitative estimate of drug-likeness (QED) is 0.544. The molecule has 1 radical (unpaired) electrons. The monoisotopic (exact) mass is 393 g/mol. The molecule has 0 saturated carbocycles. The van der Waals surface area contributed by atoms with Crippen molar-refractivity contribution in [1.29, 1.82) is 0 Å². The summed E-state index contributed by atoms with van der Waals surface area (Å²) in [5, 5.41) is 5.54. The van der Waals surface area contributed by atoms with Gasteiger partial charge in [0.2, 0.25) is 0 Å². The largest absolute Gasteiger partial charge is 0.493 e. The van der Waals surface area contributed by atoms with Crippen LogP contribution in [0.25, 0.3) is 11.0 Å². The van der Waals surface area contributed by atoms with Crippen molar-refractivity contribution in [2.24, 2.45) is 5.92 Å². The third-order valence-electron chi connectivity index (χ3n) is 5.81. The van der Waals surface area contributed by atoms with Gasteiger partial charge in [0.1, 0.15) is 0 Å². The molecule has 2 heterocycles. The minimum Gasteiger partial charge on any atom is -0.493 e. The lowest BCUT2D eigenvalue weighted by Crippen LogP contribution is -2.36. The molecule has 4 rings (SSSR count). The van der Waals surface area contributed by atoms with Crippen LogP contribution in [0.5, 0.6) is 11.5 Å². The van der Waals surface area contributed by atoms with Crippen molar-refractivity contribution in [3.05, 3.63) is 54.2 Å². The third kappa shape index (κ3) is 4.73. The molecule has 1 atom stereocenters. The van der Waals surface area contributed by atoms with Gasteiger partial charge in [0.15, 0.2) is 17.1 Å². The summed E-state index contributed by atoms with van der Waals surface area (Å²) in [5.74, 6) is 2.51. The lowest BCUT2D eigenvalue weighted by Gasteiger charge is -2.32. The number of methoxy groups -OCH3 is 1. The molecule has 1 unspecified atom stereocenters. The number of nitrogens with zero attached hydrogens (tertiary/aromatic N) is 2. The zero-order valence-electron chi connectivity index (χ0n) is 17.3. The molecule has 0 bridgehead atoms. The van der Waals surface area contributed by atoms with Gasteiger partial charge in [0.05, 0.1) is 19.4 Å². The molecule has 0 aliphatic carbocycles. The molecule has 153 valence electrons. The smallest absolute Gasteiger partial charge is 0.169 e. The lowest BCUT2D eigenvalue weighted by molar-refractivity contribution is 0.170. The molecule has 5 nitrogen and oxygen atoms in total. The molecule has 5 heteroatoms. The molecular weight excluding hydrogens is 364 g/mol. The molecule has 1 aliphatic rings. The number of hydrogen-bond acceptors (Lipinski definition) is 5. The van der Waals surface area contributed by atoms with Crippen LogP contribution in [0.1, 0.15) is 37.8 Å². The van der Waals surface area contributed by atoms with Crippen LogP contribution in [0, 0.1) is 12.0 Å². The summed E-state index contributed by atoms with van der Waals surface area (Å²) < 4.78 is 16.7. The first kappa shape index (κ1) is 19.8. The predicted molar refractivity (Wildman–Crippen MR) is 114 cm³/mol. The van der Waals surface area contributed by atoms with E-state index in [1.54, 1.807) is 7.11 Å². The number of ether oxygens (including phenoxy) is 2. The number of para-hydroxylation sites is 2. The standard InChI is InChI=1S/C24H29N2O3/c1-18(13-16-28-23-10-6-5-9-22(23)27-2)17-26-14-11-19(12-15-26)24-20-7-3-4-8-21(20)29-25-24/h3-9,18-19H,11-17H2,1-2H3. The summed E-state index contributed by atoms with van der Waals surface area (Å²) >= 11 is 0. The molecule has 0 spiro atoms. The Hall–Kier alpha value is -2.53. The number of fused-ring (bicyclic) bond motifs is 1. The summed E-state index contributed by atoms with van der Waals surface area (Å²) in [5.41, 5.74) is 2.03. The van der Waals surface area contributed by atoms with Crippen molar-refractivity contribution < 1.29 is 14.0 Å². The van der Waals surface area contributed by atoms with Gasteiger partial charge in [-0.1, -0.05) is 36.3 Å². The van der Waals surface area contributed by atoms with Crippen LogP contribution in [0.4, 0.5) is 0 Å². The highest BCUT2D eigenvalue weighted by atomic mass is 16.5. The van der Waals surface area contributed by atoms with E-state index < -0.39 is 0 Å². The Labute approximate surface area is 172 Å². The SMILES string of the molecule is COc1ccc[c]c1OCCC(C)CN1CCC(c2noc3ccccc23)CC1. The summed E-state index contributed by atoms with van der Waals surface area (Å²) in [4.78, 5) is 2.57. The number of likely N-dealkylation sites (tertiary alicyclic amines) is 1. The molecule has 1 saturated heterocycles. The van der Waals surface area contributed by atoms with Crippen molar-refractivity contribution >= 4 is 11.0 Å². The molecular formula is C24H29N2O3. The zero-order valence-corrected chi connectivity index (χ0v) is 17.3. The maximum Gasteiger partial charge on any atom is 0.169 e. The Bertz CT molecular complexity index is 915. The van der Waals surface area contributed by atoms with Gasteiger partial charge in [-0.15, -0.1) is 0 Å². The van der Waals surface area contributed by atoms with Gasteiger partial charge in [0, 0.05) is 23.9 Å². The van der Waals surface area contributed by atoms with Crippen molar-refractivity contribution in [3.63, 3.8) is 0 Å². The van der Waals surface area contributed by atoms with Crippen LogP contribution < -0.4 is 9.47 Å². The van der Waals surface area contributed by atoms with E-state index in [0.717, 1.165) is 55.9 Å². The Morgan fingerprint density at radius 3 is 2.86 bits per heavy atom. The fourth-order valence-electron chi connectivity index (χ4n) is 4.16. The van der Waals surface area contributed by atoms with E-state index in [9.17, 15) is 0 Å². The van der Waals surface area contributed by atoms with Gasteiger partial charge in [-0.25, -0.2) is 0 Å². The second-order valence-electron chi connectivity index (χ2n) is 7.95. The van der Waals surface area contributed by atoms with Crippen LogP contribution in [0.15, 0.2) is 47.0 Å². The number of hydrogen-bond donors (Lipinski definition) is 0. The topological polar surface area (TPSA) is 47.7 Å². The minimum absolute atomic E-state index is 0.495. The first-order valence-corrected chi connectivity index (χ1v) is 10.5. The molecule has 2 aromatic carbocycles. The number of benzene rings is 2. The Kier molecular flexibility index (Phi) is 6.35. The van der Waals surface area contributed by atoms with Gasteiger partial charge in [-0.2, -0.15) is 0 Å². The maximum absolute atomic E-state index is 5.88. The minimum atomic E-state index is 0.495. The van der Waals surface area contributed by atoms with E-state index in [0.29, 0.717) is 24.2 Å². The molecule has 1 aliphatic heterocycles. The van der Waals surface area contributed by atoms with E-state index in [4.69, 9.17) is 14.0 Å². The van der Waals surface area contributed by atoms with Crippen molar-refractivity contribution in [2.45, 2.75) is 32.1 Å². The van der Waals surface area contributed by atoms with E-state index in [2.05, 4.69) is 35.2 Å². The van der Waals surface area contributed by atoms with Crippen LogP contribution in [-0.4, -0.2) is 43.4 Å². The average molecular weight is 394 g/mol. The molecule has 3 aromatic rings. The van der Waals surface area contributed by atoms with E-state index in [-0.39, 0.29) is 0 Å². The Balaban J connectivity index is 1.22. The zero-order chi connectivity index (χ0) is 20.1. The van der Waals surface area contributed by atoms with Gasteiger partial charge < -0.3 is 18.9 Å². The van der Waals surface area contributed by atoms with Gasteiger partial charge in [-0.3, -0.25) is 0 Å². The first-order valence-electron chi connectivity index (χ1n) is 10.5. The molecule has 1 fully saturated rings. The van der Waals surface area contributed by atoms with Gasteiger partial charge in [-0.05, 0) is 56.5 Å². The van der Waals surface area contributed by atoms with Crippen molar-refractivity contribution in [1.82, 2.24) is 10.1 Å². The van der Waals surface area contributed by atoms with Crippen LogP contribution >= 0.6 is 0 Å². The summed E-state index contributed by atoms with van der Waals surface area (Å²) in [6.45, 7) is 6.30. The van der Waals surface area contributed by atoms with Gasteiger partial charge >= 0.3 is 0 Å². The van der Waals surface area contributed by atoms with Crippen LogP contribution in [0.2, 0.25) is 0 Å². The lowest BCUT2D eigenvalue weighted by atomic mass is 9.91. The number of aromatic nitrogens is 1. The molecule has 0 amide bonds. The number of rotatable bonds is 8. The highest BCUT2D eigenvalue weighted by Gasteiger charge is 2.25. The highest BCUT2D eigenvalue weighted by molar-refractivity contribution is 5.79. The first-order chi connectivity index (χ1) is 14.2. The van der Waals surface area contributed by atoms with Crippen LogP contribution in [0.3, 0.4) is 0 Å². The highest BCUT2D eigenvalue weighted by Crippen LogP contribution is 2.32. The second kappa shape index (κ2) is 9.31. The van der Waals surface area contributed by atoms with E-state index in [1.165, 1.54) is 5.39 Å². The summed E-state index contributed by atoms with van der Waals surface area (Å²) in [6, 6.07) is 16.9. The average Bonchev–Trinajstić information content (AvgIpc) is 3.19.